The maximum absolute atomic E-state index is 11.6. The first-order valence-electron chi connectivity index (χ1n) is 6.23. The van der Waals surface area contributed by atoms with Crippen molar-refractivity contribution in [2.75, 3.05) is 6.61 Å². The number of aryl methyl sites for hydroxylation is 1. The minimum atomic E-state index is -1.17. The number of carbonyl (C=O) groups is 2. The lowest BCUT2D eigenvalue weighted by Crippen LogP contribution is -2.41. The number of aliphatic carboxylic acids is 1. The molecule has 112 valence electrons. The van der Waals surface area contributed by atoms with E-state index in [0.29, 0.717) is 13.0 Å². The third-order valence-electron chi connectivity index (χ3n) is 2.81. The third-order valence-corrected chi connectivity index (χ3v) is 3.69. The van der Waals surface area contributed by atoms with Crippen LogP contribution in [0.2, 0.25) is 0 Å². The number of amides is 1. The Labute approximate surface area is 119 Å². The molecule has 0 saturated carbocycles. The smallest absolute Gasteiger partial charge is 0.326 e. The van der Waals surface area contributed by atoms with Gasteiger partial charge in [-0.1, -0.05) is 11.3 Å². The summed E-state index contributed by atoms with van der Waals surface area (Å²) in [6.07, 6.45) is 0.565. The van der Waals surface area contributed by atoms with E-state index in [2.05, 4.69) is 5.32 Å². The summed E-state index contributed by atoms with van der Waals surface area (Å²) in [7, 11) is 0. The first-order valence-corrected chi connectivity index (χ1v) is 7.11. The van der Waals surface area contributed by atoms with Crippen LogP contribution in [0.5, 0.6) is 0 Å². The Morgan fingerprint density at radius 1 is 1.50 bits per heavy atom. The summed E-state index contributed by atoms with van der Waals surface area (Å²) < 4.78 is 1.58. The number of carbonyl (C=O) groups excluding carboxylic acids is 1. The van der Waals surface area contributed by atoms with Gasteiger partial charge >= 0.3 is 10.8 Å². The van der Waals surface area contributed by atoms with E-state index in [4.69, 9.17) is 10.2 Å². The zero-order valence-electron chi connectivity index (χ0n) is 11.2. The summed E-state index contributed by atoms with van der Waals surface area (Å²) in [5.74, 6) is -1.57. The minimum absolute atomic E-state index is 0.0236. The molecule has 1 atom stereocenters. The Hall–Kier alpha value is -1.67. The predicted octanol–water partition coefficient (Wildman–Crippen LogP) is -0.0498. The highest BCUT2D eigenvalue weighted by atomic mass is 32.1. The first-order chi connectivity index (χ1) is 9.45. The molecule has 8 heteroatoms. The molecular weight excluding hydrogens is 284 g/mol. The van der Waals surface area contributed by atoms with Crippen molar-refractivity contribution in [1.82, 2.24) is 9.88 Å². The van der Waals surface area contributed by atoms with Crippen LogP contribution in [0, 0.1) is 6.92 Å². The topological polar surface area (TPSA) is 109 Å². The van der Waals surface area contributed by atoms with Gasteiger partial charge in [0.15, 0.2) is 0 Å². The molecule has 20 heavy (non-hydrogen) atoms. The van der Waals surface area contributed by atoms with Gasteiger partial charge in [-0.2, -0.15) is 0 Å². The standard InChI is InChI=1S/C12H18N2O5S/c1-8-7-20-12(19)14(8)5-2-3-10(16)13-9(4-6-15)11(17)18/h7,9,15H,2-6H2,1H3,(H,13,16)(H,17,18). The van der Waals surface area contributed by atoms with E-state index >= 15 is 0 Å². The van der Waals surface area contributed by atoms with Crippen molar-refractivity contribution < 1.29 is 19.8 Å². The van der Waals surface area contributed by atoms with Gasteiger partial charge in [-0.3, -0.25) is 9.59 Å². The Kier molecular flexibility index (Phi) is 6.40. The molecule has 3 N–H and O–H groups in total. The van der Waals surface area contributed by atoms with Crippen molar-refractivity contribution in [3.8, 4) is 0 Å². The molecule has 0 aliphatic rings. The van der Waals surface area contributed by atoms with Crippen molar-refractivity contribution >= 4 is 23.2 Å². The van der Waals surface area contributed by atoms with E-state index in [-0.39, 0.29) is 24.3 Å². The van der Waals surface area contributed by atoms with Crippen molar-refractivity contribution in [2.24, 2.45) is 0 Å². The minimum Gasteiger partial charge on any atom is -0.480 e. The van der Waals surface area contributed by atoms with E-state index in [0.717, 1.165) is 17.0 Å². The Balaban J connectivity index is 2.40. The fourth-order valence-electron chi connectivity index (χ4n) is 1.73. The normalized spacial score (nSPS) is 12.1. The van der Waals surface area contributed by atoms with Gasteiger partial charge in [-0.15, -0.1) is 0 Å². The zero-order valence-corrected chi connectivity index (χ0v) is 12.0. The number of rotatable bonds is 8. The maximum Gasteiger partial charge on any atom is 0.326 e. The highest BCUT2D eigenvalue weighted by Crippen LogP contribution is 2.03. The molecule has 0 bridgehead atoms. The monoisotopic (exact) mass is 302 g/mol. The van der Waals surface area contributed by atoms with E-state index in [1.807, 2.05) is 6.92 Å². The van der Waals surface area contributed by atoms with Crippen LogP contribution < -0.4 is 10.2 Å². The highest BCUT2D eigenvalue weighted by Gasteiger charge is 2.18. The highest BCUT2D eigenvalue weighted by molar-refractivity contribution is 7.07. The van der Waals surface area contributed by atoms with Gasteiger partial charge in [0.2, 0.25) is 5.91 Å². The SMILES string of the molecule is Cc1csc(=O)n1CCCC(=O)NC(CCO)C(=O)O. The van der Waals surface area contributed by atoms with Crippen molar-refractivity contribution in [3.63, 3.8) is 0 Å². The molecule has 0 radical (unpaired) electrons. The van der Waals surface area contributed by atoms with E-state index in [1.165, 1.54) is 0 Å². The summed E-state index contributed by atoms with van der Waals surface area (Å²) >= 11 is 1.11. The number of carboxylic acids is 1. The summed E-state index contributed by atoms with van der Waals surface area (Å²) in [6, 6.07) is -1.07. The molecule has 1 aromatic heterocycles. The van der Waals surface area contributed by atoms with Crippen molar-refractivity contribution in [1.29, 1.82) is 0 Å². The second-order valence-electron chi connectivity index (χ2n) is 4.37. The van der Waals surface area contributed by atoms with Crippen LogP contribution in [0.15, 0.2) is 10.2 Å². The van der Waals surface area contributed by atoms with Crippen molar-refractivity contribution in [3.05, 3.63) is 20.7 Å². The van der Waals surface area contributed by atoms with Crippen molar-refractivity contribution in [2.45, 2.75) is 38.8 Å². The van der Waals surface area contributed by atoms with Crippen LogP contribution >= 0.6 is 11.3 Å². The number of nitrogens with one attached hydrogen (secondary N) is 1. The number of thiazole rings is 1. The number of carboxylic acid groups (broad SMARTS) is 1. The predicted molar refractivity (Wildman–Crippen MR) is 73.8 cm³/mol. The molecule has 1 unspecified atom stereocenters. The second-order valence-corrected chi connectivity index (χ2v) is 5.19. The van der Waals surface area contributed by atoms with Crippen LogP contribution in [0.3, 0.4) is 0 Å². The molecule has 0 aliphatic heterocycles. The number of hydrogen-bond donors (Lipinski definition) is 3. The molecule has 1 amide bonds. The molecule has 1 aromatic rings. The van der Waals surface area contributed by atoms with Gasteiger partial charge < -0.3 is 20.1 Å². The number of nitrogens with zero attached hydrogens (tertiary/aromatic N) is 1. The maximum atomic E-state index is 11.6. The Morgan fingerprint density at radius 3 is 2.70 bits per heavy atom. The zero-order chi connectivity index (χ0) is 15.1. The molecule has 0 aliphatic carbocycles. The van der Waals surface area contributed by atoms with E-state index in [1.54, 1.807) is 9.95 Å². The fourth-order valence-corrected chi connectivity index (χ4v) is 2.49. The van der Waals surface area contributed by atoms with Crippen LogP contribution in [0.4, 0.5) is 0 Å². The Morgan fingerprint density at radius 2 is 2.20 bits per heavy atom. The largest absolute Gasteiger partial charge is 0.480 e. The quantitative estimate of drug-likeness (QED) is 0.624. The number of aliphatic hydroxyl groups excluding tert-OH is 1. The first kappa shape index (κ1) is 16.4. The summed E-state index contributed by atoms with van der Waals surface area (Å²) in [4.78, 5) is 33.8. The van der Waals surface area contributed by atoms with Crippen LogP contribution in [0.1, 0.15) is 25.0 Å². The second kappa shape index (κ2) is 7.81. The summed E-state index contributed by atoms with van der Waals surface area (Å²) in [6.45, 7) is 1.94. The van der Waals surface area contributed by atoms with Gasteiger partial charge in [0.25, 0.3) is 0 Å². The lowest BCUT2D eigenvalue weighted by atomic mass is 10.2. The van der Waals surface area contributed by atoms with Crippen LogP contribution in [-0.2, 0) is 16.1 Å². The molecular formula is C12H18N2O5S. The molecule has 0 spiro atoms. The van der Waals surface area contributed by atoms with Crippen LogP contribution in [0.25, 0.3) is 0 Å². The van der Waals surface area contributed by atoms with Gasteiger partial charge in [0, 0.05) is 37.1 Å². The number of hydrogen-bond acceptors (Lipinski definition) is 5. The number of aromatic nitrogens is 1. The van der Waals surface area contributed by atoms with E-state index in [9.17, 15) is 14.4 Å². The number of aliphatic hydroxyl groups is 1. The summed E-state index contributed by atoms with van der Waals surface area (Å²) in [5.41, 5.74) is 0.851. The van der Waals surface area contributed by atoms with Gasteiger partial charge in [0.05, 0.1) is 0 Å². The molecule has 7 nitrogen and oxygen atoms in total. The molecule has 1 rings (SSSR count). The lowest BCUT2D eigenvalue weighted by molar-refractivity contribution is -0.142. The molecule has 0 aromatic carbocycles. The molecule has 1 heterocycles. The van der Waals surface area contributed by atoms with Gasteiger partial charge in [-0.25, -0.2) is 4.79 Å². The average Bonchev–Trinajstić information content (AvgIpc) is 2.69. The fraction of sp³-hybridized carbons (Fsp3) is 0.583. The third kappa shape index (κ3) is 4.78. The average molecular weight is 302 g/mol. The van der Waals surface area contributed by atoms with Gasteiger partial charge in [-0.05, 0) is 13.3 Å². The molecule has 0 fully saturated rings. The van der Waals surface area contributed by atoms with E-state index < -0.39 is 17.9 Å². The Bertz CT molecular complexity index is 522. The lowest BCUT2D eigenvalue weighted by Gasteiger charge is -2.13. The van der Waals surface area contributed by atoms with Crippen LogP contribution in [-0.4, -0.2) is 39.3 Å². The summed E-state index contributed by atoms with van der Waals surface area (Å²) in [5, 5.41) is 21.6. The van der Waals surface area contributed by atoms with Gasteiger partial charge in [0.1, 0.15) is 6.04 Å². The molecule has 0 saturated heterocycles.